The molecule has 1 heterocycles. The molecule has 0 radical (unpaired) electrons. The van der Waals surface area contributed by atoms with Crippen molar-refractivity contribution in [2.24, 2.45) is 11.7 Å². The van der Waals surface area contributed by atoms with Gasteiger partial charge in [0.15, 0.2) is 0 Å². The molecule has 0 aromatic heterocycles. The molecule has 132 valence electrons. The molecule has 1 aromatic rings. The number of amides is 2. The largest absolute Gasteiger partial charge is 0.352 e. The molecule has 2 fully saturated rings. The summed E-state index contributed by atoms with van der Waals surface area (Å²) in [5.41, 5.74) is 6.72. The minimum Gasteiger partial charge on any atom is -0.352 e. The fourth-order valence-electron chi connectivity index (χ4n) is 4.42. The Morgan fingerprint density at radius 1 is 1.12 bits per heavy atom. The zero-order valence-electron chi connectivity index (χ0n) is 14.6. The van der Waals surface area contributed by atoms with Crippen LogP contribution in [0.1, 0.15) is 56.4 Å². The third kappa shape index (κ3) is 4.97. The second kappa shape index (κ2) is 8.52. The lowest BCUT2D eigenvalue weighted by molar-refractivity contribution is 0.180. The van der Waals surface area contributed by atoms with Gasteiger partial charge in [-0.2, -0.15) is 0 Å². The maximum atomic E-state index is 10.9. The minimum absolute atomic E-state index is 0.302. The maximum absolute atomic E-state index is 10.9. The van der Waals surface area contributed by atoms with Crippen molar-refractivity contribution < 1.29 is 4.79 Å². The van der Waals surface area contributed by atoms with Gasteiger partial charge in [-0.05, 0) is 75.4 Å². The van der Waals surface area contributed by atoms with Gasteiger partial charge in [0.05, 0.1) is 0 Å². The van der Waals surface area contributed by atoms with Crippen molar-refractivity contribution in [1.29, 1.82) is 0 Å². The second-order valence-electron chi connectivity index (χ2n) is 7.57. The smallest absolute Gasteiger partial charge is 0.312 e. The predicted octanol–water partition coefficient (Wildman–Crippen LogP) is 3.48. The van der Waals surface area contributed by atoms with Crippen molar-refractivity contribution in [2.45, 2.75) is 56.9 Å². The van der Waals surface area contributed by atoms with Crippen LogP contribution in [0.15, 0.2) is 30.3 Å². The van der Waals surface area contributed by atoms with Crippen molar-refractivity contribution in [1.82, 2.24) is 10.2 Å². The molecule has 1 saturated carbocycles. The summed E-state index contributed by atoms with van der Waals surface area (Å²) in [6.45, 7) is 3.69. The lowest BCUT2D eigenvalue weighted by Crippen LogP contribution is -2.41. The highest BCUT2D eigenvalue weighted by atomic mass is 16.2. The van der Waals surface area contributed by atoms with Crippen LogP contribution in [-0.4, -0.2) is 36.6 Å². The molecule has 1 aliphatic carbocycles. The Balaban J connectivity index is 1.40. The summed E-state index contributed by atoms with van der Waals surface area (Å²) in [7, 11) is 0. The number of likely N-dealkylation sites (tertiary alicyclic amines) is 1. The Hall–Kier alpha value is -1.55. The van der Waals surface area contributed by atoms with E-state index in [2.05, 4.69) is 40.5 Å². The Labute approximate surface area is 145 Å². The van der Waals surface area contributed by atoms with Gasteiger partial charge in [-0.15, -0.1) is 0 Å². The Bertz CT molecular complexity index is 511. The van der Waals surface area contributed by atoms with Gasteiger partial charge in [0.1, 0.15) is 0 Å². The first-order chi connectivity index (χ1) is 11.7. The summed E-state index contributed by atoms with van der Waals surface area (Å²) in [4.78, 5) is 13.6. The molecular weight excluding hydrogens is 298 g/mol. The van der Waals surface area contributed by atoms with Gasteiger partial charge < -0.3 is 16.0 Å². The molecule has 1 saturated heterocycles. The fraction of sp³-hybridized carbons (Fsp3) is 0.650. The van der Waals surface area contributed by atoms with Crippen molar-refractivity contribution in [3.63, 3.8) is 0 Å². The molecule has 0 spiro atoms. The number of nitrogens with zero attached hydrogens (tertiary/aromatic N) is 1. The number of nitrogens with one attached hydrogen (secondary N) is 1. The van der Waals surface area contributed by atoms with E-state index in [1.54, 1.807) is 0 Å². The molecule has 2 aliphatic rings. The number of piperidine rings is 1. The zero-order valence-corrected chi connectivity index (χ0v) is 14.6. The average molecular weight is 329 g/mol. The van der Waals surface area contributed by atoms with Gasteiger partial charge in [-0.3, -0.25) is 0 Å². The molecule has 1 aromatic carbocycles. The van der Waals surface area contributed by atoms with Crippen LogP contribution in [0.3, 0.4) is 0 Å². The Kier molecular flexibility index (Phi) is 6.13. The summed E-state index contributed by atoms with van der Waals surface area (Å²) in [5, 5.41) is 2.86. The van der Waals surface area contributed by atoms with E-state index in [1.807, 2.05) is 0 Å². The van der Waals surface area contributed by atoms with Gasteiger partial charge in [-0.25, -0.2) is 4.79 Å². The van der Waals surface area contributed by atoms with E-state index in [-0.39, 0.29) is 6.03 Å². The molecule has 1 unspecified atom stereocenters. The number of hydrogen-bond acceptors (Lipinski definition) is 2. The summed E-state index contributed by atoms with van der Waals surface area (Å²) < 4.78 is 0. The Morgan fingerprint density at radius 2 is 1.88 bits per heavy atom. The topological polar surface area (TPSA) is 58.4 Å². The predicted molar refractivity (Wildman–Crippen MR) is 97.9 cm³/mol. The number of carbonyl (C=O) groups is 1. The number of benzene rings is 1. The molecule has 4 heteroatoms. The molecular formula is C20H31N3O. The van der Waals surface area contributed by atoms with Crippen LogP contribution in [0.4, 0.5) is 4.79 Å². The van der Waals surface area contributed by atoms with Gasteiger partial charge in [-0.1, -0.05) is 30.3 Å². The van der Waals surface area contributed by atoms with E-state index in [9.17, 15) is 4.79 Å². The van der Waals surface area contributed by atoms with Crippen LogP contribution < -0.4 is 11.1 Å². The van der Waals surface area contributed by atoms with Crippen LogP contribution in [0.2, 0.25) is 0 Å². The van der Waals surface area contributed by atoms with E-state index in [0.717, 1.165) is 18.8 Å². The zero-order chi connectivity index (χ0) is 16.8. The lowest BCUT2D eigenvalue weighted by atomic mass is 9.83. The van der Waals surface area contributed by atoms with Gasteiger partial charge in [0, 0.05) is 12.6 Å². The molecule has 3 rings (SSSR count). The van der Waals surface area contributed by atoms with E-state index in [4.69, 9.17) is 5.73 Å². The summed E-state index contributed by atoms with van der Waals surface area (Å²) >= 11 is 0. The molecule has 3 N–H and O–H groups in total. The van der Waals surface area contributed by atoms with Crippen molar-refractivity contribution >= 4 is 6.03 Å². The van der Waals surface area contributed by atoms with E-state index in [1.165, 1.54) is 57.3 Å². The molecule has 2 amide bonds. The summed E-state index contributed by atoms with van der Waals surface area (Å²) in [5.74, 6) is 1.52. The van der Waals surface area contributed by atoms with Crippen LogP contribution in [-0.2, 0) is 0 Å². The summed E-state index contributed by atoms with van der Waals surface area (Å²) in [6, 6.07) is 10.9. The van der Waals surface area contributed by atoms with Crippen molar-refractivity contribution in [3.8, 4) is 0 Å². The molecule has 1 atom stereocenters. The Morgan fingerprint density at radius 3 is 2.58 bits per heavy atom. The lowest BCUT2D eigenvalue weighted by Gasteiger charge is -2.35. The maximum Gasteiger partial charge on any atom is 0.312 e. The number of hydrogen-bond donors (Lipinski definition) is 2. The highest BCUT2D eigenvalue weighted by molar-refractivity contribution is 5.71. The van der Waals surface area contributed by atoms with Gasteiger partial charge in [0.25, 0.3) is 0 Å². The molecule has 24 heavy (non-hydrogen) atoms. The van der Waals surface area contributed by atoms with Crippen LogP contribution >= 0.6 is 0 Å². The second-order valence-corrected chi connectivity index (χ2v) is 7.57. The van der Waals surface area contributed by atoms with Gasteiger partial charge >= 0.3 is 6.03 Å². The van der Waals surface area contributed by atoms with Crippen LogP contribution in [0.5, 0.6) is 0 Å². The molecule has 4 nitrogen and oxygen atoms in total. The van der Waals surface area contributed by atoms with Crippen LogP contribution in [0, 0.1) is 5.92 Å². The first-order valence-electron chi connectivity index (χ1n) is 9.54. The van der Waals surface area contributed by atoms with Crippen molar-refractivity contribution in [2.75, 3.05) is 19.6 Å². The minimum atomic E-state index is -0.376. The fourth-order valence-corrected chi connectivity index (χ4v) is 4.42. The van der Waals surface area contributed by atoms with Crippen LogP contribution in [0.25, 0.3) is 0 Å². The number of nitrogens with two attached hydrogens (primary N) is 1. The van der Waals surface area contributed by atoms with E-state index >= 15 is 0 Å². The highest BCUT2D eigenvalue weighted by Gasteiger charge is 2.24. The monoisotopic (exact) mass is 329 g/mol. The number of primary amides is 1. The number of carbonyl (C=O) groups excluding carboxylic acids is 1. The molecule has 1 aliphatic heterocycles. The molecule has 0 bridgehead atoms. The standard InChI is InChI=1S/C20H31N3O/c21-20(24)22-19-10-8-16(9-11-19)12-14-23-13-4-7-18(15-23)17-5-2-1-3-6-17/h1-3,5-6,16,18-19H,4,7-15H2,(H3,21,22,24). The number of urea groups is 1. The van der Waals surface area contributed by atoms with E-state index in [0.29, 0.717) is 12.0 Å². The first kappa shape index (κ1) is 17.3. The summed E-state index contributed by atoms with van der Waals surface area (Å²) in [6.07, 6.45) is 8.55. The van der Waals surface area contributed by atoms with Gasteiger partial charge in [0.2, 0.25) is 0 Å². The first-order valence-corrected chi connectivity index (χ1v) is 9.54. The SMILES string of the molecule is NC(=O)NC1CCC(CCN2CCCC(c3ccccc3)C2)CC1. The quantitative estimate of drug-likeness (QED) is 0.869. The van der Waals surface area contributed by atoms with Crippen molar-refractivity contribution in [3.05, 3.63) is 35.9 Å². The van der Waals surface area contributed by atoms with E-state index < -0.39 is 0 Å². The average Bonchev–Trinajstić information content (AvgIpc) is 2.62. The third-order valence-electron chi connectivity index (χ3n) is 5.82. The normalized spacial score (nSPS) is 28.4. The number of rotatable bonds is 5. The highest BCUT2D eigenvalue weighted by Crippen LogP contribution is 2.30. The third-order valence-corrected chi connectivity index (χ3v) is 5.82.